The molecule has 1 aromatic heterocycles. The number of hydrogen-bond acceptors (Lipinski definition) is 5. The fourth-order valence-electron chi connectivity index (χ4n) is 1.91. The van der Waals surface area contributed by atoms with Gasteiger partial charge in [0.15, 0.2) is 5.82 Å². The van der Waals surface area contributed by atoms with Crippen LogP contribution in [-0.4, -0.2) is 26.8 Å². The van der Waals surface area contributed by atoms with Crippen molar-refractivity contribution in [3.05, 3.63) is 18.2 Å². The first-order valence-corrected chi connectivity index (χ1v) is 6.55. The second kappa shape index (κ2) is 6.17. The van der Waals surface area contributed by atoms with Gasteiger partial charge in [-0.3, -0.25) is 0 Å². The maximum absolute atomic E-state index is 6.05. The minimum Gasteiger partial charge on any atom is -0.493 e. The average molecular weight is 261 g/mol. The predicted molar refractivity (Wildman–Crippen MR) is 73.7 cm³/mol. The number of aryl methyl sites for hydroxylation is 1. The van der Waals surface area contributed by atoms with Crippen molar-refractivity contribution in [2.75, 3.05) is 12.3 Å². The van der Waals surface area contributed by atoms with E-state index in [1.165, 1.54) is 0 Å². The molecule has 2 rings (SSSR count). The van der Waals surface area contributed by atoms with E-state index in [4.69, 9.17) is 10.5 Å². The van der Waals surface area contributed by atoms with E-state index < -0.39 is 0 Å². The molecule has 0 spiro atoms. The highest BCUT2D eigenvalue weighted by molar-refractivity contribution is 5.77. The topological polar surface area (TPSA) is 78.9 Å². The van der Waals surface area contributed by atoms with Gasteiger partial charge in [-0.15, -0.1) is 5.10 Å². The smallest absolute Gasteiger partial charge is 0.187 e. The average Bonchev–Trinajstić information content (AvgIpc) is 2.85. The van der Waals surface area contributed by atoms with Crippen LogP contribution in [0, 0.1) is 0 Å². The summed E-state index contributed by atoms with van der Waals surface area (Å²) in [5.74, 6) is 1.38. The van der Waals surface area contributed by atoms with Crippen molar-refractivity contribution >= 4 is 5.69 Å². The lowest BCUT2D eigenvalue weighted by Crippen LogP contribution is -2.06. The van der Waals surface area contributed by atoms with Gasteiger partial charge in [0.25, 0.3) is 0 Å². The Morgan fingerprint density at radius 2 is 2.16 bits per heavy atom. The van der Waals surface area contributed by atoms with Crippen molar-refractivity contribution in [3.63, 3.8) is 0 Å². The number of nitrogen functional groups attached to an aromatic ring is 1. The Balaban J connectivity index is 2.43. The summed E-state index contributed by atoms with van der Waals surface area (Å²) in [5, 5.41) is 11.8. The first-order valence-electron chi connectivity index (χ1n) is 6.55. The Morgan fingerprint density at radius 1 is 1.32 bits per heavy atom. The van der Waals surface area contributed by atoms with Gasteiger partial charge < -0.3 is 10.5 Å². The zero-order chi connectivity index (χ0) is 13.7. The predicted octanol–water partition coefficient (Wildman–Crippen LogP) is 2.12. The minimum absolute atomic E-state index is 0.576. The lowest BCUT2D eigenvalue weighted by atomic mass is 10.1. The fraction of sp³-hybridized carbons (Fsp3) is 0.462. The first kappa shape index (κ1) is 13.3. The van der Waals surface area contributed by atoms with Crippen LogP contribution in [0.4, 0.5) is 5.69 Å². The Bertz CT molecular complexity index is 538. The Hall–Kier alpha value is -2.11. The van der Waals surface area contributed by atoms with E-state index in [-0.39, 0.29) is 0 Å². The van der Waals surface area contributed by atoms with E-state index in [9.17, 15) is 0 Å². The molecule has 0 saturated carbocycles. The SMILES string of the molecule is CCCCn1nnnc1-c1c(N)cccc1OCC. The molecular weight excluding hydrogens is 242 g/mol. The van der Waals surface area contributed by atoms with Crippen molar-refractivity contribution in [2.45, 2.75) is 33.2 Å². The summed E-state index contributed by atoms with van der Waals surface area (Å²) in [4.78, 5) is 0. The molecule has 6 heteroatoms. The van der Waals surface area contributed by atoms with Crippen molar-refractivity contribution in [1.82, 2.24) is 20.2 Å². The molecule has 102 valence electrons. The van der Waals surface area contributed by atoms with Crippen molar-refractivity contribution in [1.29, 1.82) is 0 Å². The van der Waals surface area contributed by atoms with Crippen LogP contribution in [0.15, 0.2) is 18.2 Å². The molecule has 2 N–H and O–H groups in total. The molecule has 0 atom stereocenters. The van der Waals surface area contributed by atoms with E-state index in [1.54, 1.807) is 4.68 Å². The summed E-state index contributed by atoms with van der Waals surface area (Å²) in [6.45, 7) is 5.42. The van der Waals surface area contributed by atoms with Gasteiger partial charge in [0.05, 0.1) is 12.2 Å². The molecule has 2 aromatic rings. The number of anilines is 1. The lowest BCUT2D eigenvalue weighted by Gasteiger charge is -2.12. The zero-order valence-electron chi connectivity index (χ0n) is 11.3. The molecular formula is C13H19N5O. The highest BCUT2D eigenvalue weighted by Crippen LogP contribution is 2.33. The van der Waals surface area contributed by atoms with Crippen LogP contribution < -0.4 is 10.5 Å². The van der Waals surface area contributed by atoms with Crippen LogP contribution >= 0.6 is 0 Å². The molecule has 19 heavy (non-hydrogen) atoms. The van der Waals surface area contributed by atoms with Gasteiger partial charge in [-0.25, -0.2) is 4.68 Å². The Morgan fingerprint density at radius 3 is 2.89 bits per heavy atom. The molecule has 0 radical (unpaired) electrons. The van der Waals surface area contributed by atoms with E-state index in [2.05, 4.69) is 22.4 Å². The summed E-state index contributed by atoms with van der Waals surface area (Å²) in [6.07, 6.45) is 2.11. The Kier molecular flexibility index (Phi) is 4.33. The number of ether oxygens (including phenoxy) is 1. The highest BCUT2D eigenvalue weighted by atomic mass is 16.5. The van der Waals surface area contributed by atoms with Crippen LogP contribution in [0.5, 0.6) is 5.75 Å². The molecule has 1 aromatic carbocycles. The molecule has 0 fully saturated rings. The Labute approximate surface area is 112 Å². The van der Waals surface area contributed by atoms with Crippen LogP contribution in [0.25, 0.3) is 11.4 Å². The second-order valence-corrected chi connectivity index (χ2v) is 4.23. The maximum Gasteiger partial charge on any atom is 0.187 e. The molecule has 0 aliphatic heterocycles. The fourth-order valence-corrected chi connectivity index (χ4v) is 1.91. The number of benzene rings is 1. The normalized spacial score (nSPS) is 10.6. The lowest BCUT2D eigenvalue weighted by molar-refractivity contribution is 0.341. The number of aromatic nitrogens is 4. The molecule has 6 nitrogen and oxygen atoms in total. The van der Waals surface area contributed by atoms with Gasteiger partial charge in [0.2, 0.25) is 0 Å². The van der Waals surface area contributed by atoms with Crippen molar-refractivity contribution in [2.24, 2.45) is 0 Å². The van der Waals surface area contributed by atoms with Crippen molar-refractivity contribution < 1.29 is 4.74 Å². The van der Waals surface area contributed by atoms with Gasteiger partial charge >= 0.3 is 0 Å². The molecule has 1 heterocycles. The maximum atomic E-state index is 6.05. The number of tetrazole rings is 1. The van der Waals surface area contributed by atoms with Gasteiger partial charge in [0.1, 0.15) is 5.75 Å². The molecule has 0 aliphatic carbocycles. The summed E-state index contributed by atoms with van der Waals surface area (Å²) in [6, 6.07) is 5.58. The summed E-state index contributed by atoms with van der Waals surface area (Å²) in [7, 11) is 0. The first-order chi connectivity index (χ1) is 9.27. The molecule has 0 aliphatic rings. The minimum atomic E-state index is 0.576. The monoisotopic (exact) mass is 261 g/mol. The van der Waals surface area contributed by atoms with Crippen LogP contribution in [0.3, 0.4) is 0 Å². The van der Waals surface area contributed by atoms with E-state index in [0.29, 0.717) is 18.1 Å². The largest absolute Gasteiger partial charge is 0.493 e. The van der Waals surface area contributed by atoms with Crippen LogP contribution in [-0.2, 0) is 6.54 Å². The number of nitrogens with two attached hydrogens (primary N) is 1. The van der Waals surface area contributed by atoms with Gasteiger partial charge in [-0.2, -0.15) is 0 Å². The molecule has 0 saturated heterocycles. The standard InChI is InChI=1S/C13H19N5O/c1-3-5-9-18-13(15-16-17-18)12-10(14)7-6-8-11(12)19-4-2/h6-8H,3-5,9,14H2,1-2H3. The number of nitrogens with zero attached hydrogens (tertiary/aromatic N) is 4. The molecule has 0 bridgehead atoms. The molecule has 0 unspecified atom stereocenters. The van der Waals surface area contributed by atoms with Crippen LogP contribution in [0.1, 0.15) is 26.7 Å². The third kappa shape index (κ3) is 2.83. The van der Waals surface area contributed by atoms with Crippen molar-refractivity contribution in [3.8, 4) is 17.1 Å². The second-order valence-electron chi connectivity index (χ2n) is 4.23. The third-order valence-electron chi connectivity index (χ3n) is 2.84. The molecule has 0 amide bonds. The van der Waals surface area contributed by atoms with E-state index in [1.807, 2.05) is 25.1 Å². The number of rotatable bonds is 6. The summed E-state index contributed by atoms with van der Waals surface area (Å²) >= 11 is 0. The highest BCUT2D eigenvalue weighted by Gasteiger charge is 2.16. The number of unbranched alkanes of at least 4 members (excludes halogenated alkanes) is 1. The van der Waals surface area contributed by atoms with E-state index >= 15 is 0 Å². The zero-order valence-corrected chi connectivity index (χ0v) is 11.3. The van der Waals surface area contributed by atoms with E-state index in [0.717, 1.165) is 30.7 Å². The number of hydrogen-bond donors (Lipinski definition) is 1. The van der Waals surface area contributed by atoms with Crippen LogP contribution in [0.2, 0.25) is 0 Å². The van der Waals surface area contributed by atoms with Gasteiger partial charge in [-0.05, 0) is 35.9 Å². The summed E-state index contributed by atoms with van der Waals surface area (Å²) < 4.78 is 7.39. The van der Waals surface area contributed by atoms with Gasteiger partial charge in [0, 0.05) is 12.2 Å². The summed E-state index contributed by atoms with van der Waals surface area (Å²) in [5.41, 5.74) is 7.44. The van der Waals surface area contributed by atoms with Gasteiger partial charge in [-0.1, -0.05) is 19.4 Å². The third-order valence-corrected chi connectivity index (χ3v) is 2.84. The quantitative estimate of drug-likeness (QED) is 0.806.